The second kappa shape index (κ2) is 10.1. The molecule has 2 aromatic rings. The van der Waals surface area contributed by atoms with Crippen molar-refractivity contribution < 1.29 is 26.5 Å². The van der Waals surface area contributed by atoms with Gasteiger partial charge in [0.25, 0.3) is 0 Å². The van der Waals surface area contributed by atoms with E-state index in [9.17, 15) is 0 Å². The molecule has 0 aliphatic carbocycles. The molecule has 4 heteroatoms. The number of ether oxygens (including phenoxy) is 2. The zero-order valence-electron chi connectivity index (χ0n) is 12.8. The predicted octanol–water partition coefficient (Wildman–Crippen LogP) is 0.417. The standard InChI is InChI=1S/C17H19O2.BrH.Mg/c1-4-19-16-8-5-14(6-9-16)12-15-7-10-17(18-3)11-13(15)2;;/h5-9,11H,4,12H2,1-3H3;1H;/q-1;;+2/p-1. The summed E-state index contributed by atoms with van der Waals surface area (Å²) in [6.07, 6.45) is 0.902. The van der Waals surface area contributed by atoms with E-state index in [0.29, 0.717) is 6.61 Å². The minimum Gasteiger partial charge on any atom is -1.00 e. The largest absolute Gasteiger partial charge is 2.00 e. The second-order valence-corrected chi connectivity index (χ2v) is 4.46. The third-order valence-corrected chi connectivity index (χ3v) is 3.09. The molecule has 0 amide bonds. The summed E-state index contributed by atoms with van der Waals surface area (Å²) >= 11 is 0. The molecule has 0 radical (unpaired) electrons. The number of aryl methyl sites for hydroxylation is 1. The van der Waals surface area contributed by atoms with Gasteiger partial charge < -0.3 is 26.5 Å². The van der Waals surface area contributed by atoms with Gasteiger partial charge in [0.2, 0.25) is 0 Å². The number of hydrogen-bond acceptors (Lipinski definition) is 2. The van der Waals surface area contributed by atoms with Crippen LogP contribution >= 0.6 is 0 Å². The van der Waals surface area contributed by atoms with Crippen molar-refractivity contribution in [2.24, 2.45) is 0 Å². The van der Waals surface area contributed by atoms with Gasteiger partial charge in [0.15, 0.2) is 0 Å². The predicted molar refractivity (Wildman–Crippen MR) is 82.7 cm³/mol. The molecular weight excluding hydrogens is 340 g/mol. The van der Waals surface area contributed by atoms with E-state index in [0.717, 1.165) is 17.9 Å². The van der Waals surface area contributed by atoms with Gasteiger partial charge in [-0.15, -0.1) is 17.7 Å². The molecule has 0 saturated heterocycles. The first kappa shape index (κ1) is 20.3. The zero-order chi connectivity index (χ0) is 13.7. The fraction of sp³-hybridized carbons (Fsp3) is 0.294. The van der Waals surface area contributed by atoms with Crippen LogP contribution in [0.15, 0.2) is 36.4 Å². The van der Waals surface area contributed by atoms with E-state index in [1.54, 1.807) is 7.11 Å². The van der Waals surface area contributed by atoms with Crippen LogP contribution in [0.2, 0.25) is 0 Å². The fourth-order valence-electron chi connectivity index (χ4n) is 2.00. The van der Waals surface area contributed by atoms with Crippen LogP contribution in [-0.4, -0.2) is 36.8 Å². The van der Waals surface area contributed by atoms with Gasteiger partial charge in [0.05, 0.1) is 13.7 Å². The molecule has 0 atom stereocenters. The van der Waals surface area contributed by atoms with Crippen molar-refractivity contribution in [3.05, 3.63) is 59.2 Å². The van der Waals surface area contributed by atoms with Gasteiger partial charge in [0.1, 0.15) is 5.75 Å². The molecule has 0 fully saturated rings. The van der Waals surface area contributed by atoms with Crippen molar-refractivity contribution in [1.29, 1.82) is 0 Å². The quantitative estimate of drug-likeness (QED) is 0.569. The Hall–Kier alpha value is -0.714. The normalized spacial score (nSPS) is 9.29. The summed E-state index contributed by atoms with van der Waals surface area (Å²) in [5.74, 6) is 1.71. The van der Waals surface area contributed by atoms with Gasteiger partial charge >= 0.3 is 23.1 Å². The van der Waals surface area contributed by atoms with Crippen LogP contribution in [0.5, 0.6) is 11.5 Å². The number of benzene rings is 2. The topological polar surface area (TPSA) is 18.5 Å². The molecule has 108 valence electrons. The molecule has 0 bridgehead atoms. The molecule has 0 unspecified atom stereocenters. The van der Waals surface area contributed by atoms with Crippen LogP contribution in [0.4, 0.5) is 0 Å². The summed E-state index contributed by atoms with van der Waals surface area (Å²) in [6.45, 7) is 4.79. The summed E-state index contributed by atoms with van der Waals surface area (Å²) < 4.78 is 10.6. The molecular formula is C17H19BrMgO2. The Bertz CT molecular complexity index is 541. The summed E-state index contributed by atoms with van der Waals surface area (Å²) in [6, 6.07) is 15.4. The summed E-state index contributed by atoms with van der Waals surface area (Å²) in [5.41, 5.74) is 3.76. The van der Waals surface area contributed by atoms with Crippen LogP contribution in [-0.2, 0) is 6.42 Å². The van der Waals surface area contributed by atoms with Crippen LogP contribution in [0.25, 0.3) is 0 Å². The average molecular weight is 360 g/mol. The Morgan fingerprint density at radius 1 is 1.14 bits per heavy atom. The van der Waals surface area contributed by atoms with Gasteiger partial charge in [0, 0.05) is 5.75 Å². The monoisotopic (exact) mass is 358 g/mol. The number of halogens is 1. The fourth-order valence-corrected chi connectivity index (χ4v) is 2.00. The number of rotatable bonds is 5. The van der Waals surface area contributed by atoms with E-state index >= 15 is 0 Å². The van der Waals surface area contributed by atoms with Crippen molar-refractivity contribution in [3.63, 3.8) is 0 Å². The first-order valence-corrected chi connectivity index (χ1v) is 6.50. The first-order valence-electron chi connectivity index (χ1n) is 6.50. The average Bonchev–Trinajstić information content (AvgIpc) is 2.43. The van der Waals surface area contributed by atoms with Gasteiger partial charge in [-0.3, -0.25) is 0 Å². The van der Waals surface area contributed by atoms with Crippen LogP contribution in [0.3, 0.4) is 0 Å². The molecule has 2 nitrogen and oxygen atoms in total. The van der Waals surface area contributed by atoms with Gasteiger partial charge in [-0.2, -0.15) is 11.6 Å². The molecule has 0 aliphatic heterocycles. The zero-order valence-corrected chi connectivity index (χ0v) is 15.8. The second-order valence-electron chi connectivity index (χ2n) is 4.46. The minimum absolute atomic E-state index is 0. The minimum atomic E-state index is 0. The Labute approximate surface area is 153 Å². The molecule has 0 aromatic heterocycles. The van der Waals surface area contributed by atoms with Crippen molar-refractivity contribution in [2.45, 2.75) is 20.3 Å². The third kappa shape index (κ3) is 5.89. The molecule has 0 aliphatic rings. The Balaban J connectivity index is 0.00000200. The number of hydrogen-bond donors (Lipinski definition) is 0. The summed E-state index contributed by atoms with van der Waals surface area (Å²) in [4.78, 5) is 0. The van der Waals surface area contributed by atoms with E-state index in [-0.39, 0.29) is 40.0 Å². The molecule has 0 heterocycles. The van der Waals surface area contributed by atoms with Crippen molar-refractivity contribution in [2.75, 3.05) is 13.7 Å². The number of methoxy groups -OCH3 is 1. The maximum Gasteiger partial charge on any atom is 2.00 e. The molecule has 0 spiro atoms. The Morgan fingerprint density at radius 2 is 1.81 bits per heavy atom. The van der Waals surface area contributed by atoms with Crippen LogP contribution in [0, 0.1) is 13.0 Å². The molecule has 21 heavy (non-hydrogen) atoms. The first-order chi connectivity index (χ1) is 9.22. The van der Waals surface area contributed by atoms with Crippen LogP contribution < -0.4 is 26.5 Å². The van der Waals surface area contributed by atoms with Crippen molar-refractivity contribution in [3.8, 4) is 11.5 Å². The van der Waals surface area contributed by atoms with E-state index in [2.05, 4.69) is 25.1 Å². The summed E-state index contributed by atoms with van der Waals surface area (Å²) in [5, 5.41) is 0. The van der Waals surface area contributed by atoms with E-state index in [1.807, 2.05) is 31.2 Å². The van der Waals surface area contributed by atoms with Gasteiger partial charge in [-0.25, -0.2) is 0 Å². The molecule has 0 saturated carbocycles. The molecule has 2 rings (SSSR count). The van der Waals surface area contributed by atoms with Crippen LogP contribution in [0.1, 0.15) is 23.6 Å². The maximum absolute atomic E-state index is 5.44. The maximum atomic E-state index is 5.44. The smallest absolute Gasteiger partial charge is 1.00 e. The molecule has 0 N–H and O–H groups in total. The Morgan fingerprint density at radius 3 is 2.33 bits per heavy atom. The van der Waals surface area contributed by atoms with Crippen molar-refractivity contribution >= 4 is 23.1 Å². The Kier molecular flexibility index (Phi) is 9.74. The van der Waals surface area contributed by atoms with Crippen molar-refractivity contribution in [1.82, 2.24) is 0 Å². The van der Waals surface area contributed by atoms with E-state index in [4.69, 9.17) is 9.47 Å². The van der Waals surface area contributed by atoms with E-state index < -0.39 is 0 Å². The third-order valence-electron chi connectivity index (χ3n) is 3.09. The van der Waals surface area contributed by atoms with Gasteiger partial charge in [-0.05, 0) is 25.5 Å². The SMILES string of the molecule is CCOc1ccc(Cc2c[c-]c(OC)cc2C)cc1.[Br-].[Mg+2]. The van der Waals surface area contributed by atoms with Gasteiger partial charge in [-0.1, -0.05) is 24.6 Å². The summed E-state index contributed by atoms with van der Waals surface area (Å²) in [7, 11) is 1.66. The molecule has 2 aromatic carbocycles. The van der Waals surface area contributed by atoms with E-state index in [1.165, 1.54) is 16.7 Å².